The summed E-state index contributed by atoms with van der Waals surface area (Å²) in [5.41, 5.74) is 1.47. The van der Waals surface area contributed by atoms with Gasteiger partial charge in [0.25, 0.3) is 0 Å². The van der Waals surface area contributed by atoms with E-state index in [-0.39, 0.29) is 6.10 Å². The molecule has 0 unspecified atom stereocenters. The van der Waals surface area contributed by atoms with Crippen LogP contribution in [0.3, 0.4) is 0 Å². The first-order valence-electron chi connectivity index (χ1n) is 7.26. The Morgan fingerprint density at radius 1 is 1.04 bits per heavy atom. The first-order valence-corrected chi connectivity index (χ1v) is 7.64. The number of para-hydroxylation sites is 1. The van der Waals surface area contributed by atoms with Crippen molar-refractivity contribution in [1.29, 1.82) is 0 Å². The summed E-state index contributed by atoms with van der Waals surface area (Å²) in [5.74, 6) is 1.98. The summed E-state index contributed by atoms with van der Waals surface area (Å²) < 4.78 is 16.5. The van der Waals surface area contributed by atoms with Crippen LogP contribution in [0, 0.1) is 0 Å². The van der Waals surface area contributed by atoms with Crippen molar-refractivity contribution in [2.75, 3.05) is 14.2 Å². The molecular weight excluding hydrogens is 314 g/mol. The molecule has 0 aromatic heterocycles. The van der Waals surface area contributed by atoms with Crippen molar-refractivity contribution < 1.29 is 14.2 Å². The molecule has 122 valence electrons. The quantitative estimate of drug-likeness (QED) is 0.706. The van der Waals surface area contributed by atoms with Gasteiger partial charge in [-0.1, -0.05) is 17.7 Å². The second kappa shape index (κ2) is 7.88. The van der Waals surface area contributed by atoms with Crippen molar-refractivity contribution in [1.82, 2.24) is 0 Å². The van der Waals surface area contributed by atoms with E-state index < -0.39 is 0 Å². The molecule has 0 fully saturated rings. The average molecular weight is 334 g/mol. The van der Waals surface area contributed by atoms with Gasteiger partial charge in [-0.15, -0.1) is 0 Å². The second-order valence-electron chi connectivity index (χ2n) is 5.12. The van der Waals surface area contributed by atoms with Crippen molar-refractivity contribution in [3.8, 4) is 17.2 Å². The summed E-state index contributed by atoms with van der Waals surface area (Å²) in [7, 11) is 3.21. The number of nitrogens with zero attached hydrogens (tertiary/aromatic N) is 1. The van der Waals surface area contributed by atoms with Gasteiger partial charge in [-0.05, 0) is 44.2 Å². The van der Waals surface area contributed by atoms with Gasteiger partial charge in [-0.2, -0.15) is 0 Å². The van der Waals surface area contributed by atoms with Crippen molar-refractivity contribution >= 4 is 23.5 Å². The number of benzene rings is 2. The Morgan fingerprint density at radius 2 is 1.78 bits per heavy atom. The SMILES string of the molecule is COc1ccc(Cl)cc1N=Cc1cccc(OC)c1OC(C)C. The summed E-state index contributed by atoms with van der Waals surface area (Å²) in [6, 6.07) is 11.0. The van der Waals surface area contributed by atoms with Gasteiger partial charge in [0, 0.05) is 16.8 Å². The molecule has 2 rings (SSSR count). The van der Waals surface area contributed by atoms with Gasteiger partial charge >= 0.3 is 0 Å². The van der Waals surface area contributed by atoms with Crippen LogP contribution in [-0.2, 0) is 0 Å². The molecule has 0 N–H and O–H groups in total. The van der Waals surface area contributed by atoms with Gasteiger partial charge in [0.1, 0.15) is 11.4 Å². The minimum Gasteiger partial charge on any atom is -0.494 e. The number of rotatable bonds is 6. The molecule has 0 aliphatic heterocycles. The van der Waals surface area contributed by atoms with Gasteiger partial charge in [0.15, 0.2) is 11.5 Å². The van der Waals surface area contributed by atoms with Gasteiger partial charge in [-0.25, -0.2) is 0 Å². The van der Waals surface area contributed by atoms with E-state index in [2.05, 4.69) is 4.99 Å². The van der Waals surface area contributed by atoms with Gasteiger partial charge in [0.05, 0.1) is 20.3 Å². The smallest absolute Gasteiger partial charge is 0.170 e. The zero-order valence-corrected chi connectivity index (χ0v) is 14.4. The highest BCUT2D eigenvalue weighted by Crippen LogP contribution is 2.33. The Bertz CT molecular complexity index is 699. The van der Waals surface area contributed by atoms with Crippen LogP contribution in [0.4, 0.5) is 5.69 Å². The molecule has 0 heterocycles. The van der Waals surface area contributed by atoms with E-state index in [1.54, 1.807) is 38.6 Å². The third kappa shape index (κ3) is 4.39. The maximum absolute atomic E-state index is 6.03. The number of halogens is 1. The number of methoxy groups -OCH3 is 2. The van der Waals surface area contributed by atoms with Gasteiger partial charge < -0.3 is 14.2 Å². The van der Waals surface area contributed by atoms with Crippen LogP contribution >= 0.6 is 11.6 Å². The fourth-order valence-electron chi connectivity index (χ4n) is 2.06. The molecule has 4 nitrogen and oxygen atoms in total. The van der Waals surface area contributed by atoms with E-state index in [9.17, 15) is 0 Å². The highest BCUT2D eigenvalue weighted by Gasteiger charge is 2.11. The van der Waals surface area contributed by atoms with Crippen molar-refractivity contribution in [2.45, 2.75) is 20.0 Å². The number of hydrogen-bond donors (Lipinski definition) is 0. The maximum Gasteiger partial charge on any atom is 0.170 e. The van der Waals surface area contributed by atoms with E-state index in [1.165, 1.54) is 0 Å². The minimum absolute atomic E-state index is 0.0270. The van der Waals surface area contributed by atoms with E-state index in [4.69, 9.17) is 25.8 Å². The molecule has 0 aliphatic rings. The Kier molecular flexibility index (Phi) is 5.88. The van der Waals surface area contributed by atoms with E-state index >= 15 is 0 Å². The normalized spacial score (nSPS) is 11.0. The highest BCUT2D eigenvalue weighted by atomic mass is 35.5. The molecule has 5 heteroatoms. The summed E-state index contributed by atoms with van der Waals surface area (Å²) in [4.78, 5) is 4.48. The molecule has 23 heavy (non-hydrogen) atoms. The number of ether oxygens (including phenoxy) is 3. The highest BCUT2D eigenvalue weighted by molar-refractivity contribution is 6.30. The maximum atomic E-state index is 6.03. The summed E-state index contributed by atoms with van der Waals surface area (Å²) in [5, 5.41) is 0.599. The average Bonchev–Trinajstić information content (AvgIpc) is 2.53. The van der Waals surface area contributed by atoms with Crippen LogP contribution in [-0.4, -0.2) is 26.5 Å². The molecular formula is C18H20ClNO3. The molecule has 0 amide bonds. The number of hydrogen-bond acceptors (Lipinski definition) is 4. The monoisotopic (exact) mass is 333 g/mol. The lowest BCUT2D eigenvalue weighted by atomic mass is 10.2. The molecule has 0 spiro atoms. The standard InChI is InChI=1S/C18H20ClNO3/c1-12(2)23-18-13(6-5-7-17(18)22-4)11-20-15-10-14(19)8-9-16(15)21-3/h5-12H,1-4H3. The van der Waals surface area contributed by atoms with Crippen LogP contribution in [0.2, 0.25) is 5.02 Å². The lowest BCUT2D eigenvalue weighted by Gasteiger charge is -2.15. The van der Waals surface area contributed by atoms with Crippen LogP contribution in [0.25, 0.3) is 0 Å². The molecule has 2 aromatic carbocycles. The van der Waals surface area contributed by atoms with E-state index in [0.717, 1.165) is 5.56 Å². The Morgan fingerprint density at radius 3 is 2.43 bits per heavy atom. The molecule has 0 aliphatic carbocycles. The molecule has 0 radical (unpaired) electrons. The van der Waals surface area contributed by atoms with Gasteiger partial charge in [-0.3, -0.25) is 4.99 Å². The van der Waals surface area contributed by atoms with Crippen molar-refractivity contribution in [2.24, 2.45) is 4.99 Å². The largest absolute Gasteiger partial charge is 0.494 e. The fraction of sp³-hybridized carbons (Fsp3) is 0.278. The Balaban J connectivity index is 2.41. The van der Waals surface area contributed by atoms with Crippen LogP contribution in [0.15, 0.2) is 41.4 Å². The van der Waals surface area contributed by atoms with Gasteiger partial charge in [0.2, 0.25) is 0 Å². The van der Waals surface area contributed by atoms with Crippen LogP contribution in [0.1, 0.15) is 19.4 Å². The second-order valence-corrected chi connectivity index (χ2v) is 5.56. The predicted octanol–water partition coefficient (Wildman–Crippen LogP) is 4.90. The zero-order chi connectivity index (χ0) is 16.8. The topological polar surface area (TPSA) is 40.0 Å². The predicted molar refractivity (Wildman–Crippen MR) is 94.0 cm³/mol. The third-order valence-corrected chi connectivity index (χ3v) is 3.30. The lowest BCUT2D eigenvalue weighted by molar-refractivity contribution is 0.230. The third-order valence-electron chi connectivity index (χ3n) is 3.07. The van der Waals surface area contributed by atoms with Crippen molar-refractivity contribution in [3.63, 3.8) is 0 Å². The number of aliphatic imine (C=N–C) groups is 1. The first-order chi connectivity index (χ1) is 11.0. The molecule has 0 saturated carbocycles. The fourth-order valence-corrected chi connectivity index (χ4v) is 2.23. The Hall–Kier alpha value is -2.20. The van der Waals surface area contributed by atoms with Crippen LogP contribution in [0.5, 0.6) is 17.2 Å². The molecule has 2 aromatic rings. The van der Waals surface area contributed by atoms with Crippen LogP contribution < -0.4 is 14.2 Å². The van der Waals surface area contributed by atoms with E-state index in [0.29, 0.717) is 28.0 Å². The zero-order valence-electron chi connectivity index (χ0n) is 13.7. The summed E-state index contributed by atoms with van der Waals surface area (Å²) in [6.45, 7) is 3.93. The summed E-state index contributed by atoms with van der Waals surface area (Å²) >= 11 is 6.03. The molecule has 0 atom stereocenters. The lowest BCUT2D eigenvalue weighted by Crippen LogP contribution is -2.08. The summed E-state index contributed by atoms with van der Waals surface area (Å²) in [6.07, 6.45) is 1.74. The Labute approximate surface area is 141 Å². The van der Waals surface area contributed by atoms with E-state index in [1.807, 2.05) is 32.0 Å². The first kappa shape index (κ1) is 17.2. The minimum atomic E-state index is 0.0270. The van der Waals surface area contributed by atoms with Crippen molar-refractivity contribution in [3.05, 3.63) is 47.0 Å². The molecule has 0 saturated heterocycles. The molecule has 0 bridgehead atoms.